The van der Waals surface area contributed by atoms with Crippen LogP contribution in [0.25, 0.3) is 0 Å². The van der Waals surface area contributed by atoms with Gasteiger partial charge in [-0.3, -0.25) is 15.0 Å². The van der Waals surface area contributed by atoms with Crippen LogP contribution in [0.5, 0.6) is 5.75 Å². The van der Waals surface area contributed by atoms with Crippen molar-refractivity contribution in [2.75, 3.05) is 20.2 Å². The number of alkyl halides is 1. The second kappa shape index (κ2) is 5.52. The minimum absolute atomic E-state index is 0.136. The Hall–Kier alpha value is -1.69. The third-order valence-corrected chi connectivity index (χ3v) is 3.53. The largest absolute Gasteiger partial charge is 0.489 e. The average molecular weight is 268 g/mol. The first-order valence-electron chi connectivity index (χ1n) is 6.23. The van der Waals surface area contributed by atoms with Crippen molar-refractivity contribution >= 4 is 0 Å². The van der Waals surface area contributed by atoms with Crippen molar-refractivity contribution in [1.82, 2.24) is 4.90 Å². The highest BCUT2D eigenvalue weighted by Gasteiger charge is 2.46. The third kappa shape index (κ3) is 3.20. The van der Waals surface area contributed by atoms with Gasteiger partial charge in [-0.1, -0.05) is 18.2 Å². The number of para-hydroxylation sites is 1. The topological polar surface area (TPSA) is 55.6 Å². The second-order valence-electron chi connectivity index (χ2n) is 4.87. The number of likely N-dealkylation sites (tertiary alicyclic amines) is 1. The fourth-order valence-corrected chi connectivity index (χ4v) is 2.22. The lowest BCUT2D eigenvalue weighted by molar-refractivity contribution is -0.532. The summed E-state index contributed by atoms with van der Waals surface area (Å²) in [6, 6.07) is 8.07. The molecule has 0 spiro atoms. The predicted octanol–water partition coefficient (Wildman–Crippen LogP) is 2.10. The van der Waals surface area contributed by atoms with Crippen LogP contribution in [-0.2, 0) is 0 Å². The Bertz CT molecular complexity index is 443. The van der Waals surface area contributed by atoms with Crippen molar-refractivity contribution in [1.29, 1.82) is 0 Å². The van der Waals surface area contributed by atoms with Gasteiger partial charge in [-0.05, 0) is 19.2 Å². The quantitative estimate of drug-likeness (QED) is 0.477. The Labute approximate surface area is 111 Å². The van der Waals surface area contributed by atoms with Crippen molar-refractivity contribution < 1.29 is 14.1 Å². The molecule has 5 nitrogen and oxygen atoms in total. The second-order valence-corrected chi connectivity index (χ2v) is 4.87. The molecule has 1 fully saturated rings. The fraction of sp³-hybridized carbons (Fsp3) is 0.538. The number of rotatable bonds is 4. The molecule has 0 aliphatic carbocycles. The summed E-state index contributed by atoms with van der Waals surface area (Å²) in [6.45, 7) is 0.165. The molecular formula is C13H17FN2O3. The molecule has 2 atom stereocenters. The molecule has 1 aliphatic rings. The van der Waals surface area contributed by atoms with E-state index in [-0.39, 0.29) is 13.0 Å². The van der Waals surface area contributed by atoms with Gasteiger partial charge in [-0.15, -0.1) is 0 Å². The molecule has 19 heavy (non-hydrogen) atoms. The van der Waals surface area contributed by atoms with Crippen LogP contribution in [0.3, 0.4) is 0 Å². The molecule has 0 radical (unpaired) electrons. The SMILES string of the molecule is CN1CCC([N+](=O)[O-])CC1(F)COc1ccccc1. The molecule has 1 aromatic carbocycles. The Morgan fingerprint density at radius 1 is 1.53 bits per heavy atom. The molecular weight excluding hydrogens is 251 g/mol. The molecule has 1 aromatic rings. The highest BCUT2D eigenvalue weighted by atomic mass is 19.1. The lowest BCUT2D eigenvalue weighted by atomic mass is 9.96. The van der Waals surface area contributed by atoms with Gasteiger partial charge in [-0.2, -0.15) is 0 Å². The third-order valence-electron chi connectivity index (χ3n) is 3.53. The van der Waals surface area contributed by atoms with E-state index in [2.05, 4.69) is 0 Å². The Balaban J connectivity index is 2.01. The average Bonchev–Trinajstić information content (AvgIpc) is 2.41. The lowest BCUT2D eigenvalue weighted by Crippen LogP contribution is -2.55. The molecule has 104 valence electrons. The van der Waals surface area contributed by atoms with Crippen LogP contribution in [-0.4, -0.2) is 41.9 Å². The van der Waals surface area contributed by atoms with Crippen LogP contribution in [0.4, 0.5) is 4.39 Å². The Kier molecular flexibility index (Phi) is 3.99. The first-order chi connectivity index (χ1) is 9.01. The van der Waals surface area contributed by atoms with Crippen molar-refractivity contribution in [3.8, 4) is 5.75 Å². The summed E-state index contributed by atoms with van der Waals surface area (Å²) in [7, 11) is 1.63. The van der Waals surface area contributed by atoms with Gasteiger partial charge in [0.1, 0.15) is 12.4 Å². The summed E-state index contributed by atoms with van der Waals surface area (Å²) in [4.78, 5) is 11.9. The van der Waals surface area contributed by atoms with Gasteiger partial charge in [0.25, 0.3) is 0 Å². The van der Waals surface area contributed by atoms with E-state index in [4.69, 9.17) is 4.74 Å². The van der Waals surface area contributed by atoms with Gasteiger partial charge < -0.3 is 4.74 Å². The van der Waals surface area contributed by atoms with Crippen molar-refractivity contribution in [3.63, 3.8) is 0 Å². The number of hydrogen-bond acceptors (Lipinski definition) is 4. The minimum Gasteiger partial charge on any atom is -0.489 e. The summed E-state index contributed by atoms with van der Waals surface area (Å²) in [5, 5.41) is 10.8. The minimum atomic E-state index is -1.79. The molecule has 2 unspecified atom stereocenters. The maximum Gasteiger partial charge on any atom is 0.218 e. The van der Waals surface area contributed by atoms with E-state index in [9.17, 15) is 14.5 Å². The van der Waals surface area contributed by atoms with Crippen LogP contribution >= 0.6 is 0 Å². The number of hydrogen-bond donors (Lipinski definition) is 0. The summed E-state index contributed by atoms with van der Waals surface area (Å²) in [5.41, 5.74) is 0. The number of nitro groups is 1. The van der Waals surface area contributed by atoms with Crippen LogP contribution < -0.4 is 4.74 Å². The van der Waals surface area contributed by atoms with E-state index in [0.717, 1.165) is 0 Å². The zero-order valence-corrected chi connectivity index (χ0v) is 10.8. The normalized spacial score (nSPS) is 28.0. The molecule has 0 aromatic heterocycles. The Morgan fingerprint density at radius 2 is 2.21 bits per heavy atom. The van der Waals surface area contributed by atoms with Gasteiger partial charge in [-0.25, -0.2) is 4.39 Å². The smallest absolute Gasteiger partial charge is 0.218 e. The molecule has 1 saturated heterocycles. The molecule has 6 heteroatoms. The maximum atomic E-state index is 14.8. The van der Waals surface area contributed by atoms with E-state index in [1.54, 1.807) is 31.3 Å². The van der Waals surface area contributed by atoms with Crippen molar-refractivity contribution in [2.24, 2.45) is 0 Å². The zero-order valence-electron chi connectivity index (χ0n) is 10.8. The van der Waals surface area contributed by atoms with Gasteiger partial charge in [0.15, 0.2) is 0 Å². The molecule has 1 heterocycles. The van der Waals surface area contributed by atoms with Crippen LogP contribution in [0, 0.1) is 10.1 Å². The summed E-state index contributed by atoms with van der Waals surface area (Å²) in [6.07, 6.45) is 0.240. The number of ether oxygens (including phenoxy) is 1. The fourth-order valence-electron chi connectivity index (χ4n) is 2.22. The molecule has 0 N–H and O–H groups in total. The molecule has 0 saturated carbocycles. The van der Waals surface area contributed by atoms with Gasteiger partial charge >= 0.3 is 0 Å². The van der Waals surface area contributed by atoms with E-state index < -0.39 is 16.8 Å². The molecule has 0 amide bonds. The first kappa shape index (κ1) is 13.7. The number of benzene rings is 1. The van der Waals surface area contributed by atoms with Gasteiger partial charge in [0.2, 0.25) is 11.8 Å². The zero-order chi connectivity index (χ0) is 13.9. The number of likely N-dealkylation sites (N-methyl/N-ethyl adjacent to an activating group) is 1. The summed E-state index contributed by atoms with van der Waals surface area (Å²) >= 11 is 0. The van der Waals surface area contributed by atoms with Crippen molar-refractivity contribution in [2.45, 2.75) is 24.7 Å². The van der Waals surface area contributed by atoms with Crippen LogP contribution in [0.15, 0.2) is 30.3 Å². The highest BCUT2D eigenvalue weighted by Crippen LogP contribution is 2.30. The summed E-state index contributed by atoms with van der Waals surface area (Å²) < 4.78 is 20.2. The van der Waals surface area contributed by atoms with Crippen LogP contribution in [0.1, 0.15) is 12.8 Å². The molecule has 2 rings (SSSR count). The monoisotopic (exact) mass is 268 g/mol. The lowest BCUT2D eigenvalue weighted by Gasteiger charge is -2.38. The summed E-state index contributed by atoms with van der Waals surface area (Å²) in [5.74, 6) is -1.22. The Morgan fingerprint density at radius 3 is 2.84 bits per heavy atom. The van der Waals surface area contributed by atoms with E-state index >= 15 is 0 Å². The predicted molar refractivity (Wildman–Crippen MR) is 68.4 cm³/mol. The van der Waals surface area contributed by atoms with E-state index in [1.165, 1.54) is 4.90 Å². The number of nitrogens with zero attached hydrogens (tertiary/aromatic N) is 2. The molecule has 1 aliphatic heterocycles. The first-order valence-corrected chi connectivity index (χ1v) is 6.23. The number of piperidine rings is 1. The number of halogens is 1. The van der Waals surface area contributed by atoms with Crippen molar-refractivity contribution in [3.05, 3.63) is 40.4 Å². The van der Waals surface area contributed by atoms with Gasteiger partial charge in [0, 0.05) is 17.9 Å². The molecule has 0 bridgehead atoms. The van der Waals surface area contributed by atoms with E-state index in [0.29, 0.717) is 18.7 Å². The standard InChI is InChI=1S/C13H17FN2O3/c1-15-8-7-11(16(17)18)9-13(15,14)10-19-12-5-3-2-4-6-12/h2-6,11H,7-10H2,1H3. The maximum absolute atomic E-state index is 14.8. The van der Waals surface area contributed by atoms with Crippen LogP contribution in [0.2, 0.25) is 0 Å². The van der Waals surface area contributed by atoms with E-state index in [1.807, 2.05) is 6.07 Å². The van der Waals surface area contributed by atoms with Gasteiger partial charge in [0.05, 0.1) is 6.42 Å². The highest BCUT2D eigenvalue weighted by molar-refractivity contribution is 5.21.